The van der Waals surface area contributed by atoms with Crippen molar-refractivity contribution >= 4 is 5.97 Å². The minimum Gasteiger partial charge on any atom is -0.481 e. The predicted molar refractivity (Wildman–Crippen MR) is 78.3 cm³/mol. The molecule has 0 amide bonds. The number of carbonyl (C=O) groups is 1. The van der Waals surface area contributed by atoms with Gasteiger partial charge in [0.1, 0.15) is 5.75 Å². The number of likely N-dealkylation sites (tertiary alicyclic amines) is 1. The van der Waals surface area contributed by atoms with Crippen LogP contribution < -0.4 is 4.74 Å². The van der Waals surface area contributed by atoms with Crippen molar-refractivity contribution in [3.8, 4) is 5.75 Å². The number of hydrogen-bond acceptors (Lipinski definition) is 3. The molecule has 0 saturated carbocycles. The zero-order chi connectivity index (χ0) is 17.4. The highest BCUT2D eigenvalue weighted by Crippen LogP contribution is 2.41. The summed E-state index contributed by atoms with van der Waals surface area (Å²) in [5.41, 5.74) is 0.0198. The first-order chi connectivity index (χ1) is 10.5. The number of ether oxygens (including phenoxy) is 1. The van der Waals surface area contributed by atoms with Crippen molar-refractivity contribution < 1.29 is 27.8 Å². The van der Waals surface area contributed by atoms with Gasteiger partial charge in [-0.25, -0.2) is 0 Å². The Bertz CT molecular complexity index is 581. The molecular weight excluding hydrogens is 311 g/mol. The molecule has 2 rings (SSSR count). The second-order valence-electron chi connectivity index (χ2n) is 6.71. The molecule has 23 heavy (non-hydrogen) atoms. The normalized spacial score (nSPS) is 23.0. The Labute approximate surface area is 132 Å². The lowest BCUT2D eigenvalue weighted by atomic mass is 9.88. The maximum absolute atomic E-state index is 12.6. The van der Waals surface area contributed by atoms with E-state index in [2.05, 4.69) is 4.74 Å². The summed E-state index contributed by atoms with van der Waals surface area (Å²) < 4.78 is 41.8. The third-order valence-corrected chi connectivity index (χ3v) is 4.13. The molecule has 0 unspecified atom stereocenters. The van der Waals surface area contributed by atoms with E-state index in [1.807, 2.05) is 25.7 Å². The SMILES string of the molecule is CC(C)(C)N1C[C@H](C(=O)O)[C@@H](c2ccccc2OC(F)(F)F)C1. The molecule has 1 saturated heterocycles. The van der Waals surface area contributed by atoms with Gasteiger partial charge < -0.3 is 9.84 Å². The lowest BCUT2D eigenvalue weighted by Crippen LogP contribution is -2.40. The van der Waals surface area contributed by atoms with E-state index in [4.69, 9.17) is 0 Å². The van der Waals surface area contributed by atoms with Crippen molar-refractivity contribution in [1.82, 2.24) is 4.90 Å². The van der Waals surface area contributed by atoms with Crippen LogP contribution in [0.5, 0.6) is 5.75 Å². The number of nitrogens with zero attached hydrogens (tertiary/aromatic N) is 1. The molecule has 7 heteroatoms. The monoisotopic (exact) mass is 331 g/mol. The van der Waals surface area contributed by atoms with Crippen LogP contribution in [0.2, 0.25) is 0 Å². The fraction of sp³-hybridized carbons (Fsp3) is 0.562. The van der Waals surface area contributed by atoms with Gasteiger partial charge in [-0.15, -0.1) is 13.2 Å². The molecule has 0 spiro atoms. The molecule has 128 valence electrons. The van der Waals surface area contributed by atoms with Crippen LogP contribution >= 0.6 is 0 Å². The molecule has 1 aromatic rings. The van der Waals surface area contributed by atoms with Gasteiger partial charge in [0.15, 0.2) is 0 Å². The molecular formula is C16H20F3NO3. The summed E-state index contributed by atoms with van der Waals surface area (Å²) in [4.78, 5) is 13.5. The van der Waals surface area contributed by atoms with Gasteiger partial charge >= 0.3 is 12.3 Å². The number of aliphatic carboxylic acids is 1. The van der Waals surface area contributed by atoms with Gasteiger partial charge in [0.25, 0.3) is 0 Å². The van der Waals surface area contributed by atoms with Crippen LogP contribution in [-0.4, -0.2) is 41.0 Å². The summed E-state index contributed by atoms with van der Waals surface area (Å²) >= 11 is 0. The largest absolute Gasteiger partial charge is 0.573 e. The minimum atomic E-state index is -4.81. The summed E-state index contributed by atoms with van der Waals surface area (Å²) in [6.07, 6.45) is -4.81. The van der Waals surface area contributed by atoms with E-state index in [0.29, 0.717) is 13.1 Å². The maximum Gasteiger partial charge on any atom is 0.573 e. The number of rotatable bonds is 3. The molecule has 1 fully saturated rings. The summed E-state index contributed by atoms with van der Waals surface area (Å²) in [6.45, 7) is 6.52. The summed E-state index contributed by atoms with van der Waals surface area (Å²) in [5, 5.41) is 9.46. The van der Waals surface area contributed by atoms with Gasteiger partial charge in [-0.1, -0.05) is 18.2 Å². The number of halogens is 3. The van der Waals surface area contributed by atoms with E-state index < -0.39 is 24.2 Å². The molecule has 0 aliphatic carbocycles. The lowest BCUT2D eigenvalue weighted by molar-refractivity contribution is -0.275. The third-order valence-electron chi connectivity index (χ3n) is 4.13. The number of benzene rings is 1. The Balaban J connectivity index is 2.37. The Morgan fingerprint density at radius 1 is 1.22 bits per heavy atom. The average Bonchev–Trinajstić information content (AvgIpc) is 2.82. The topological polar surface area (TPSA) is 49.8 Å². The van der Waals surface area contributed by atoms with E-state index in [9.17, 15) is 23.1 Å². The Hall–Kier alpha value is -1.76. The standard InChI is InChI=1S/C16H20F3NO3/c1-15(2,3)20-8-11(12(9-20)14(21)22)10-6-4-5-7-13(10)23-16(17,18)19/h4-7,11-12H,8-9H2,1-3H3,(H,21,22)/t11-,12+/m1/s1. The molecule has 1 aliphatic heterocycles. The second kappa shape index (κ2) is 6.03. The Kier molecular flexibility index (Phi) is 4.61. The maximum atomic E-state index is 12.6. The molecule has 0 aromatic heterocycles. The van der Waals surface area contributed by atoms with E-state index >= 15 is 0 Å². The molecule has 1 N–H and O–H groups in total. The van der Waals surface area contributed by atoms with Crippen molar-refractivity contribution in [3.05, 3.63) is 29.8 Å². The minimum absolute atomic E-state index is 0.262. The first-order valence-corrected chi connectivity index (χ1v) is 7.31. The van der Waals surface area contributed by atoms with Gasteiger partial charge in [0, 0.05) is 24.5 Å². The number of hydrogen-bond donors (Lipinski definition) is 1. The van der Waals surface area contributed by atoms with Crippen LogP contribution in [0.25, 0.3) is 0 Å². The fourth-order valence-corrected chi connectivity index (χ4v) is 2.92. The first-order valence-electron chi connectivity index (χ1n) is 7.31. The van der Waals surface area contributed by atoms with Gasteiger partial charge in [-0.2, -0.15) is 0 Å². The quantitative estimate of drug-likeness (QED) is 0.921. The first kappa shape index (κ1) is 17.6. The Morgan fingerprint density at radius 2 is 1.83 bits per heavy atom. The van der Waals surface area contributed by atoms with Gasteiger partial charge in [0.05, 0.1) is 5.92 Å². The average molecular weight is 331 g/mol. The molecule has 0 radical (unpaired) electrons. The van der Waals surface area contributed by atoms with Gasteiger partial charge in [-0.3, -0.25) is 9.69 Å². The predicted octanol–water partition coefficient (Wildman–Crippen LogP) is 3.48. The number of carboxylic acids is 1. The number of para-hydroxylation sites is 1. The van der Waals surface area contributed by atoms with Gasteiger partial charge in [-0.05, 0) is 32.4 Å². The molecule has 4 nitrogen and oxygen atoms in total. The molecule has 0 bridgehead atoms. The summed E-state index contributed by atoms with van der Waals surface area (Å²) in [6, 6.07) is 5.77. The fourth-order valence-electron chi connectivity index (χ4n) is 2.92. The highest BCUT2D eigenvalue weighted by atomic mass is 19.4. The highest BCUT2D eigenvalue weighted by molar-refractivity contribution is 5.72. The van der Waals surface area contributed by atoms with Crippen LogP contribution in [-0.2, 0) is 4.79 Å². The second-order valence-corrected chi connectivity index (χ2v) is 6.71. The van der Waals surface area contributed by atoms with E-state index in [0.717, 1.165) is 0 Å². The zero-order valence-electron chi connectivity index (χ0n) is 13.2. The number of alkyl halides is 3. The third kappa shape index (κ3) is 4.16. The van der Waals surface area contributed by atoms with E-state index in [-0.39, 0.29) is 16.9 Å². The van der Waals surface area contributed by atoms with Crippen LogP contribution in [0.4, 0.5) is 13.2 Å². The molecule has 1 aliphatic rings. The molecule has 1 heterocycles. The summed E-state index contributed by atoms with van der Waals surface area (Å²) in [5.74, 6) is -2.66. The summed E-state index contributed by atoms with van der Waals surface area (Å²) in [7, 11) is 0. The Morgan fingerprint density at radius 3 is 2.35 bits per heavy atom. The molecule has 1 aromatic carbocycles. The molecule has 2 atom stereocenters. The van der Waals surface area contributed by atoms with Crippen LogP contribution in [0.3, 0.4) is 0 Å². The van der Waals surface area contributed by atoms with Crippen LogP contribution in [0, 0.1) is 5.92 Å². The van der Waals surface area contributed by atoms with E-state index in [1.54, 1.807) is 6.07 Å². The smallest absolute Gasteiger partial charge is 0.481 e. The van der Waals surface area contributed by atoms with Crippen molar-refractivity contribution in [2.75, 3.05) is 13.1 Å². The van der Waals surface area contributed by atoms with Crippen molar-refractivity contribution in [2.45, 2.75) is 38.6 Å². The van der Waals surface area contributed by atoms with Crippen LogP contribution in [0.1, 0.15) is 32.3 Å². The highest BCUT2D eigenvalue weighted by Gasteiger charge is 2.44. The van der Waals surface area contributed by atoms with Crippen molar-refractivity contribution in [2.24, 2.45) is 5.92 Å². The lowest BCUT2D eigenvalue weighted by Gasteiger charge is -2.31. The van der Waals surface area contributed by atoms with Crippen molar-refractivity contribution in [3.63, 3.8) is 0 Å². The van der Waals surface area contributed by atoms with Crippen LogP contribution in [0.15, 0.2) is 24.3 Å². The van der Waals surface area contributed by atoms with Gasteiger partial charge in [0.2, 0.25) is 0 Å². The van der Waals surface area contributed by atoms with E-state index in [1.165, 1.54) is 18.2 Å². The number of carboxylic acid groups (broad SMARTS) is 1. The zero-order valence-corrected chi connectivity index (χ0v) is 13.2. The van der Waals surface area contributed by atoms with Crippen molar-refractivity contribution in [1.29, 1.82) is 0 Å².